The minimum Gasteiger partial charge on any atom is -0.497 e. The molecule has 0 spiro atoms. The number of Topliss-reactive ketones (excluding diaryl/α,β-unsaturated/α-hetero) is 1. The van der Waals surface area contributed by atoms with E-state index in [1.54, 1.807) is 31.4 Å². The largest absolute Gasteiger partial charge is 0.497 e. The van der Waals surface area contributed by atoms with Crippen LogP contribution in [0.5, 0.6) is 5.75 Å². The van der Waals surface area contributed by atoms with Crippen LogP contribution in [0.4, 0.5) is 0 Å². The molecule has 0 saturated carbocycles. The molecule has 0 unspecified atom stereocenters. The quantitative estimate of drug-likeness (QED) is 0.682. The molecule has 0 fully saturated rings. The van der Waals surface area contributed by atoms with E-state index in [0.29, 0.717) is 5.56 Å². The van der Waals surface area contributed by atoms with E-state index in [4.69, 9.17) is 10.00 Å². The first-order valence-corrected chi connectivity index (χ1v) is 4.32. The summed E-state index contributed by atoms with van der Waals surface area (Å²) in [6.45, 7) is 0. The van der Waals surface area contributed by atoms with Crippen LogP contribution in [0.2, 0.25) is 0 Å². The van der Waals surface area contributed by atoms with Gasteiger partial charge in [0.2, 0.25) is 0 Å². The second-order valence-electron chi connectivity index (χ2n) is 2.81. The van der Waals surface area contributed by atoms with E-state index in [1.807, 2.05) is 6.07 Å². The Hall–Kier alpha value is -1.82. The molecule has 0 N–H and O–H groups in total. The van der Waals surface area contributed by atoms with Crippen molar-refractivity contribution in [2.24, 2.45) is 0 Å². The Morgan fingerprint density at radius 3 is 2.57 bits per heavy atom. The minimum absolute atomic E-state index is 0.00537. The molecule has 1 aromatic carbocycles. The maximum Gasteiger partial charge on any atom is 0.163 e. The van der Waals surface area contributed by atoms with Crippen molar-refractivity contribution in [2.45, 2.75) is 12.8 Å². The number of rotatable bonds is 4. The molecule has 3 heteroatoms. The lowest BCUT2D eigenvalue weighted by molar-refractivity contribution is 0.0984. The highest BCUT2D eigenvalue weighted by Gasteiger charge is 2.04. The van der Waals surface area contributed by atoms with Crippen molar-refractivity contribution in [3.8, 4) is 11.8 Å². The van der Waals surface area contributed by atoms with Gasteiger partial charge in [0.1, 0.15) is 5.75 Å². The highest BCUT2D eigenvalue weighted by atomic mass is 16.5. The number of nitrogens with zero attached hydrogens (tertiary/aromatic N) is 1. The van der Waals surface area contributed by atoms with Crippen LogP contribution >= 0.6 is 0 Å². The fraction of sp³-hybridized carbons (Fsp3) is 0.273. The number of carbonyl (C=O) groups excluding carboxylic acids is 1. The van der Waals surface area contributed by atoms with Gasteiger partial charge in [-0.15, -0.1) is 0 Å². The molecule has 0 aliphatic rings. The lowest BCUT2D eigenvalue weighted by atomic mass is 10.1. The fourth-order valence-corrected chi connectivity index (χ4v) is 1.09. The third-order valence-electron chi connectivity index (χ3n) is 1.88. The van der Waals surface area contributed by atoms with Crippen LogP contribution in [-0.2, 0) is 0 Å². The van der Waals surface area contributed by atoms with Crippen molar-refractivity contribution in [1.29, 1.82) is 5.26 Å². The lowest BCUT2D eigenvalue weighted by Crippen LogP contribution is -1.97. The molecule has 0 radical (unpaired) electrons. The zero-order chi connectivity index (χ0) is 10.4. The van der Waals surface area contributed by atoms with E-state index in [0.717, 1.165) is 5.75 Å². The Labute approximate surface area is 82.9 Å². The number of hydrogen-bond acceptors (Lipinski definition) is 3. The second kappa shape index (κ2) is 5.03. The normalized spacial score (nSPS) is 9.14. The first kappa shape index (κ1) is 10.3. The van der Waals surface area contributed by atoms with Gasteiger partial charge in [0.25, 0.3) is 0 Å². The van der Waals surface area contributed by atoms with Gasteiger partial charge in [0, 0.05) is 18.4 Å². The Morgan fingerprint density at radius 1 is 1.43 bits per heavy atom. The summed E-state index contributed by atoms with van der Waals surface area (Å²) in [5, 5.41) is 8.32. The number of ketones is 1. The maximum atomic E-state index is 11.4. The van der Waals surface area contributed by atoms with E-state index >= 15 is 0 Å². The van der Waals surface area contributed by atoms with Crippen LogP contribution in [0.3, 0.4) is 0 Å². The molecule has 0 heterocycles. The van der Waals surface area contributed by atoms with Gasteiger partial charge in [0.05, 0.1) is 13.2 Å². The van der Waals surface area contributed by atoms with Crippen molar-refractivity contribution in [3.63, 3.8) is 0 Å². The molecule has 72 valence electrons. The minimum atomic E-state index is -0.00537. The number of ether oxygens (including phenoxy) is 1. The molecule has 1 rings (SSSR count). The van der Waals surface area contributed by atoms with Crippen LogP contribution in [0.15, 0.2) is 24.3 Å². The van der Waals surface area contributed by atoms with E-state index in [-0.39, 0.29) is 18.6 Å². The smallest absolute Gasteiger partial charge is 0.163 e. The Morgan fingerprint density at radius 2 is 2.07 bits per heavy atom. The highest BCUT2D eigenvalue weighted by Crippen LogP contribution is 2.12. The third kappa shape index (κ3) is 2.60. The summed E-state index contributed by atoms with van der Waals surface area (Å²) in [5.41, 5.74) is 0.626. The zero-order valence-corrected chi connectivity index (χ0v) is 7.99. The number of benzene rings is 1. The van der Waals surface area contributed by atoms with Crippen LogP contribution in [0.25, 0.3) is 0 Å². The first-order chi connectivity index (χ1) is 6.77. The number of hydrogen-bond donors (Lipinski definition) is 0. The highest BCUT2D eigenvalue weighted by molar-refractivity contribution is 5.96. The van der Waals surface area contributed by atoms with Gasteiger partial charge < -0.3 is 4.74 Å². The SMILES string of the molecule is COc1ccc(C(=O)CCC#N)cc1. The predicted octanol–water partition coefficient (Wildman–Crippen LogP) is 2.18. The molecule has 0 amide bonds. The second-order valence-corrected chi connectivity index (χ2v) is 2.81. The lowest BCUT2D eigenvalue weighted by Gasteiger charge is -2.01. The van der Waals surface area contributed by atoms with E-state index in [2.05, 4.69) is 0 Å². The molecular weight excluding hydrogens is 178 g/mol. The predicted molar refractivity (Wildman–Crippen MR) is 52.2 cm³/mol. The molecule has 14 heavy (non-hydrogen) atoms. The van der Waals surface area contributed by atoms with Crippen LogP contribution < -0.4 is 4.74 Å². The van der Waals surface area contributed by atoms with Crippen LogP contribution in [0, 0.1) is 11.3 Å². The molecule has 0 aliphatic heterocycles. The van der Waals surface area contributed by atoms with Crippen molar-refractivity contribution in [1.82, 2.24) is 0 Å². The molecule has 0 bridgehead atoms. The third-order valence-corrected chi connectivity index (χ3v) is 1.88. The fourth-order valence-electron chi connectivity index (χ4n) is 1.09. The van der Waals surface area contributed by atoms with E-state index in [9.17, 15) is 4.79 Å². The van der Waals surface area contributed by atoms with Crippen molar-refractivity contribution >= 4 is 5.78 Å². The van der Waals surface area contributed by atoms with Gasteiger partial charge in [-0.1, -0.05) is 0 Å². The molecule has 3 nitrogen and oxygen atoms in total. The number of nitriles is 1. The maximum absolute atomic E-state index is 11.4. The average molecular weight is 189 g/mol. The Balaban J connectivity index is 2.67. The van der Waals surface area contributed by atoms with Gasteiger partial charge in [-0.05, 0) is 24.3 Å². The summed E-state index contributed by atoms with van der Waals surface area (Å²) >= 11 is 0. The topological polar surface area (TPSA) is 50.1 Å². The van der Waals surface area contributed by atoms with Crippen LogP contribution in [-0.4, -0.2) is 12.9 Å². The molecule has 0 aromatic heterocycles. The Bertz CT molecular complexity index is 349. The van der Waals surface area contributed by atoms with Crippen molar-refractivity contribution in [2.75, 3.05) is 7.11 Å². The molecule has 0 aliphatic carbocycles. The zero-order valence-electron chi connectivity index (χ0n) is 7.99. The summed E-state index contributed by atoms with van der Waals surface area (Å²) in [4.78, 5) is 11.4. The molecule has 0 atom stereocenters. The number of carbonyl (C=O) groups is 1. The summed E-state index contributed by atoms with van der Waals surface area (Å²) in [7, 11) is 1.58. The monoisotopic (exact) mass is 189 g/mol. The average Bonchev–Trinajstić information content (AvgIpc) is 2.26. The molecule has 0 saturated heterocycles. The summed E-state index contributed by atoms with van der Waals surface area (Å²) in [5.74, 6) is 0.719. The summed E-state index contributed by atoms with van der Waals surface area (Å²) < 4.78 is 4.97. The first-order valence-electron chi connectivity index (χ1n) is 4.32. The summed E-state index contributed by atoms with van der Waals surface area (Å²) in [6.07, 6.45) is 0.549. The molecular formula is C11H11NO2. The number of methoxy groups -OCH3 is 1. The van der Waals surface area contributed by atoms with Gasteiger partial charge >= 0.3 is 0 Å². The molecule has 1 aromatic rings. The van der Waals surface area contributed by atoms with Gasteiger partial charge in [0.15, 0.2) is 5.78 Å². The van der Waals surface area contributed by atoms with Crippen LogP contribution in [0.1, 0.15) is 23.2 Å². The van der Waals surface area contributed by atoms with E-state index < -0.39 is 0 Å². The van der Waals surface area contributed by atoms with Gasteiger partial charge in [-0.2, -0.15) is 5.26 Å². The standard InChI is InChI=1S/C11H11NO2/c1-14-10-6-4-9(5-7-10)11(13)3-2-8-12/h4-7H,2-3H2,1H3. The van der Waals surface area contributed by atoms with Crippen molar-refractivity contribution in [3.05, 3.63) is 29.8 Å². The van der Waals surface area contributed by atoms with Gasteiger partial charge in [-0.25, -0.2) is 0 Å². The summed E-state index contributed by atoms with van der Waals surface area (Å²) in [6, 6.07) is 8.83. The Kier molecular flexibility index (Phi) is 3.69. The van der Waals surface area contributed by atoms with Crippen molar-refractivity contribution < 1.29 is 9.53 Å². The van der Waals surface area contributed by atoms with Gasteiger partial charge in [-0.3, -0.25) is 4.79 Å². The van der Waals surface area contributed by atoms with E-state index in [1.165, 1.54) is 0 Å².